The third kappa shape index (κ3) is 5.58. The number of ether oxygens (including phenoxy) is 1. The van der Waals surface area contributed by atoms with Crippen LogP contribution in [-0.4, -0.2) is 13.1 Å². The molecule has 0 radical (unpaired) electrons. The van der Waals surface area contributed by atoms with E-state index in [-0.39, 0.29) is 28.4 Å². The number of halogens is 1. The summed E-state index contributed by atoms with van der Waals surface area (Å²) in [5.41, 5.74) is 3.31. The van der Waals surface area contributed by atoms with E-state index < -0.39 is 7.26 Å². The number of hydrogen-bond acceptors (Lipinski definition) is 2. The lowest BCUT2D eigenvalue weighted by molar-refractivity contribution is -0.0000217. The van der Waals surface area contributed by atoms with Gasteiger partial charge in [-0.2, -0.15) is 0 Å². The Morgan fingerprint density at radius 2 is 1.20 bits per heavy atom. The summed E-state index contributed by atoms with van der Waals surface area (Å²) in [6, 6.07) is 38.2. The van der Waals surface area contributed by atoms with Gasteiger partial charge in [0.15, 0.2) is 0 Å². The normalized spacial score (nSPS) is 11.4. The zero-order valence-corrected chi connectivity index (χ0v) is 23.2. The van der Waals surface area contributed by atoms with Crippen molar-refractivity contribution in [3.63, 3.8) is 0 Å². The highest BCUT2D eigenvalue weighted by Gasteiger charge is 2.48. The number of methoxy groups -OCH3 is 1. The van der Waals surface area contributed by atoms with Crippen LogP contribution in [0.2, 0.25) is 0 Å². The molecule has 4 rings (SSSR count). The second kappa shape index (κ2) is 11.3. The first-order valence-electron chi connectivity index (χ1n) is 11.6. The molecule has 0 spiro atoms. The zero-order chi connectivity index (χ0) is 24.2. The largest absolute Gasteiger partial charge is 1.00 e. The van der Waals surface area contributed by atoms with Crippen LogP contribution in [0, 0.1) is 0 Å². The van der Waals surface area contributed by atoms with Gasteiger partial charge in [0.2, 0.25) is 0 Å². The van der Waals surface area contributed by atoms with Gasteiger partial charge in [-0.1, -0.05) is 93.6 Å². The number of benzene rings is 4. The van der Waals surface area contributed by atoms with Gasteiger partial charge in [0, 0.05) is 0 Å². The molecule has 2 nitrogen and oxygen atoms in total. The highest BCUT2D eigenvalue weighted by Crippen LogP contribution is 2.58. The molecule has 0 atom stereocenters. The maximum Gasteiger partial charge on any atom is 0.341 e. The molecule has 0 amide bonds. The molecule has 0 unspecified atom stereocenters. The van der Waals surface area contributed by atoms with Crippen LogP contribution in [0.3, 0.4) is 0 Å². The lowest BCUT2D eigenvalue weighted by Gasteiger charge is -2.29. The maximum absolute atomic E-state index is 12.9. The Morgan fingerprint density at radius 3 is 1.69 bits per heavy atom. The van der Waals surface area contributed by atoms with E-state index in [1.165, 1.54) is 28.8 Å². The summed E-state index contributed by atoms with van der Waals surface area (Å²) in [6.07, 6.45) is 0.819. The molecule has 0 bridgehead atoms. The van der Waals surface area contributed by atoms with Crippen molar-refractivity contribution in [3.8, 4) is 0 Å². The fourth-order valence-corrected chi connectivity index (χ4v) is 8.96. The molecule has 35 heavy (non-hydrogen) atoms. The molecule has 0 heterocycles. The zero-order valence-electron chi connectivity index (χ0n) is 20.7. The Morgan fingerprint density at radius 1 is 0.714 bits per heavy atom. The molecule has 0 saturated heterocycles. The summed E-state index contributed by atoms with van der Waals surface area (Å²) in [5.74, 6) is -0.296. The summed E-state index contributed by atoms with van der Waals surface area (Å²) < 4.78 is 5.23. The van der Waals surface area contributed by atoms with Crippen LogP contribution in [-0.2, 0) is 16.3 Å². The Balaban J connectivity index is 0.00000342. The molecule has 0 aliphatic rings. The first-order chi connectivity index (χ1) is 16.4. The van der Waals surface area contributed by atoms with Crippen LogP contribution in [0.5, 0.6) is 0 Å². The fourth-order valence-electron chi connectivity index (χ4n) is 4.53. The number of rotatable bonds is 6. The number of hydrogen-bond donors (Lipinski definition) is 0. The molecular formula is C31H32BrO2P. The van der Waals surface area contributed by atoms with Crippen molar-refractivity contribution in [2.75, 3.05) is 7.11 Å². The van der Waals surface area contributed by atoms with E-state index in [1.54, 1.807) is 0 Å². The third-order valence-corrected chi connectivity index (χ3v) is 10.8. The molecule has 0 aliphatic carbocycles. The molecule has 0 fully saturated rings. The van der Waals surface area contributed by atoms with E-state index in [4.69, 9.17) is 4.74 Å². The van der Waals surface area contributed by atoms with Crippen molar-refractivity contribution >= 4 is 29.1 Å². The van der Waals surface area contributed by atoms with Gasteiger partial charge in [-0.05, 0) is 52.9 Å². The maximum atomic E-state index is 12.9. The predicted molar refractivity (Wildman–Crippen MR) is 145 cm³/mol. The highest BCUT2D eigenvalue weighted by atomic mass is 79.9. The number of carbonyl (C=O) groups excluding carboxylic acids is 1. The molecule has 0 aliphatic heterocycles. The number of esters is 1. The topological polar surface area (TPSA) is 26.3 Å². The van der Waals surface area contributed by atoms with Crippen molar-refractivity contribution in [1.82, 2.24) is 0 Å². The van der Waals surface area contributed by atoms with Gasteiger partial charge in [0.1, 0.15) is 28.7 Å². The average molecular weight is 547 g/mol. The standard InChI is InChI=1S/C31H32O2P.BrH/c1-31(2,3)25-21-19-24(20-22-25)23-34(26-13-7-5-8-14-26,27-15-9-6-10-16-27)29-18-12-11-17-28(29)30(32)33-4;/h5-22H,23H2,1-4H3;1H/q+1;/p-1. The number of carbonyl (C=O) groups is 1. The van der Waals surface area contributed by atoms with Gasteiger partial charge >= 0.3 is 5.97 Å². The second-order valence-electron chi connectivity index (χ2n) is 9.59. The van der Waals surface area contributed by atoms with E-state index in [0.29, 0.717) is 5.56 Å². The van der Waals surface area contributed by atoms with Crippen molar-refractivity contribution in [3.05, 3.63) is 126 Å². The third-order valence-electron chi connectivity index (χ3n) is 6.35. The van der Waals surface area contributed by atoms with E-state index in [1.807, 2.05) is 30.3 Å². The summed E-state index contributed by atoms with van der Waals surface area (Å²) in [6.45, 7) is 6.71. The van der Waals surface area contributed by atoms with Crippen molar-refractivity contribution in [2.24, 2.45) is 0 Å². The molecule has 4 aromatic rings. The van der Waals surface area contributed by atoms with E-state index in [0.717, 1.165) is 11.5 Å². The van der Waals surface area contributed by atoms with Crippen LogP contribution < -0.4 is 32.9 Å². The minimum Gasteiger partial charge on any atom is -1.00 e. The van der Waals surface area contributed by atoms with Crippen LogP contribution in [0.1, 0.15) is 42.3 Å². The predicted octanol–water partition coefficient (Wildman–Crippen LogP) is 3.27. The Labute approximate surface area is 220 Å². The van der Waals surface area contributed by atoms with Gasteiger partial charge in [-0.15, -0.1) is 0 Å². The van der Waals surface area contributed by atoms with Gasteiger partial charge in [-0.25, -0.2) is 4.79 Å². The van der Waals surface area contributed by atoms with Gasteiger partial charge in [0.25, 0.3) is 0 Å². The molecular weight excluding hydrogens is 515 g/mol. The van der Waals surface area contributed by atoms with E-state index in [9.17, 15) is 4.79 Å². The summed E-state index contributed by atoms with van der Waals surface area (Å²) in [7, 11) is -0.783. The van der Waals surface area contributed by atoms with Crippen LogP contribution in [0.4, 0.5) is 0 Å². The van der Waals surface area contributed by atoms with E-state index in [2.05, 4.69) is 99.6 Å². The highest BCUT2D eigenvalue weighted by molar-refractivity contribution is 7.95. The van der Waals surface area contributed by atoms with Crippen molar-refractivity contribution in [1.29, 1.82) is 0 Å². The van der Waals surface area contributed by atoms with Gasteiger partial charge in [0.05, 0.1) is 13.3 Å². The quantitative estimate of drug-likeness (QED) is 0.274. The smallest absolute Gasteiger partial charge is 0.341 e. The first-order valence-corrected chi connectivity index (χ1v) is 13.6. The van der Waals surface area contributed by atoms with Crippen LogP contribution >= 0.6 is 7.26 Å². The molecule has 4 heteroatoms. The molecule has 0 saturated carbocycles. The van der Waals surface area contributed by atoms with Crippen LogP contribution in [0.15, 0.2) is 109 Å². The SMILES string of the molecule is COC(=O)c1ccccc1[P+](Cc1ccc(C(C)(C)C)cc1)(c1ccccc1)c1ccccc1.[Br-]. The first kappa shape index (κ1) is 26.9. The lowest BCUT2D eigenvalue weighted by Crippen LogP contribution is -3.00. The van der Waals surface area contributed by atoms with Crippen molar-refractivity contribution in [2.45, 2.75) is 32.3 Å². The summed E-state index contributed by atoms with van der Waals surface area (Å²) in [5, 5.41) is 3.55. The monoisotopic (exact) mass is 546 g/mol. The Bertz CT molecular complexity index is 1210. The van der Waals surface area contributed by atoms with Crippen LogP contribution in [0.25, 0.3) is 0 Å². The van der Waals surface area contributed by atoms with Gasteiger partial charge < -0.3 is 21.7 Å². The van der Waals surface area contributed by atoms with E-state index >= 15 is 0 Å². The molecule has 4 aromatic carbocycles. The second-order valence-corrected chi connectivity index (χ2v) is 13.0. The lowest BCUT2D eigenvalue weighted by atomic mass is 9.87. The average Bonchev–Trinajstić information content (AvgIpc) is 2.87. The molecule has 0 N–H and O–H groups in total. The molecule has 0 aromatic heterocycles. The molecule has 180 valence electrons. The summed E-state index contributed by atoms with van der Waals surface area (Å²) >= 11 is 0. The summed E-state index contributed by atoms with van der Waals surface area (Å²) in [4.78, 5) is 12.9. The Kier molecular flexibility index (Phi) is 8.70. The van der Waals surface area contributed by atoms with Gasteiger partial charge in [-0.3, -0.25) is 0 Å². The minimum atomic E-state index is -2.24. The van der Waals surface area contributed by atoms with Crippen molar-refractivity contribution < 1.29 is 26.5 Å². The minimum absolute atomic E-state index is 0. The fraction of sp³-hybridized carbons (Fsp3) is 0.194. The Hall–Kier alpha value is -2.74.